The van der Waals surface area contributed by atoms with Gasteiger partial charge in [0.25, 0.3) is 0 Å². The Morgan fingerprint density at radius 3 is 2.81 bits per heavy atom. The number of hydrogen-bond donors (Lipinski definition) is 2. The zero-order valence-electron chi connectivity index (χ0n) is 15.2. The van der Waals surface area contributed by atoms with E-state index in [2.05, 4.69) is 10.2 Å². The lowest BCUT2D eigenvalue weighted by Gasteiger charge is -2.19. The van der Waals surface area contributed by atoms with Crippen molar-refractivity contribution in [2.75, 3.05) is 32.0 Å². The summed E-state index contributed by atoms with van der Waals surface area (Å²) < 4.78 is 1.90. The van der Waals surface area contributed by atoms with Gasteiger partial charge < -0.3 is 15.3 Å². The number of nitrogens with zero attached hydrogens (tertiary/aromatic N) is 1. The number of aliphatic hydroxyl groups excluding tert-OH is 1. The second-order valence-corrected chi connectivity index (χ2v) is 8.23. The third-order valence-corrected chi connectivity index (χ3v) is 5.89. The molecule has 0 fully saturated rings. The summed E-state index contributed by atoms with van der Waals surface area (Å²) in [6.07, 6.45) is -0.353. The van der Waals surface area contributed by atoms with E-state index in [1.165, 1.54) is 0 Å². The molecule has 138 valence electrons. The molecule has 4 nitrogen and oxygen atoms in total. The van der Waals surface area contributed by atoms with Crippen LogP contribution in [0.1, 0.15) is 12.5 Å². The molecular weight excluding hydrogens is 368 g/mol. The van der Waals surface area contributed by atoms with Crippen LogP contribution in [0.5, 0.6) is 0 Å². The number of nitrogens with one attached hydrogen (secondary N) is 1. The fourth-order valence-electron chi connectivity index (χ4n) is 3.13. The van der Waals surface area contributed by atoms with Crippen LogP contribution in [0.3, 0.4) is 0 Å². The van der Waals surface area contributed by atoms with E-state index in [4.69, 9.17) is 11.6 Å². The molecule has 0 unspecified atom stereocenters. The van der Waals surface area contributed by atoms with Gasteiger partial charge in [-0.3, -0.25) is 4.79 Å². The normalized spacial score (nSPS) is 12.8. The maximum absolute atomic E-state index is 13.1. The number of hydrogen-bond acceptors (Lipinski definition) is 5. The average molecular weight is 391 g/mol. The molecule has 0 amide bonds. The van der Waals surface area contributed by atoms with Crippen LogP contribution in [-0.2, 0) is 0 Å². The van der Waals surface area contributed by atoms with Gasteiger partial charge in [0.1, 0.15) is 0 Å². The fraction of sp³-hybridized carbons (Fsp3) is 0.350. The summed E-state index contributed by atoms with van der Waals surface area (Å²) in [5.74, 6) is 0. The lowest BCUT2D eigenvalue weighted by Crippen LogP contribution is -2.31. The first-order valence-electron chi connectivity index (χ1n) is 8.63. The predicted molar refractivity (Wildman–Crippen MR) is 113 cm³/mol. The van der Waals surface area contributed by atoms with Crippen molar-refractivity contribution in [3.05, 3.63) is 51.1 Å². The van der Waals surface area contributed by atoms with E-state index >= 15 is 0 Å². The minimum absolute atomic E-state index is 0.0361. The smallest absolute Gasteiger partial charge is 0.197 e. The maximum atomic E-state index is 13.1. The van der Waals surface area contributed by atoms with E-state index in [1.54, 1.807) is 30.4 Å². The molecule has 0 aliphatic carbocycles. The first kappa shape index (κ1) is 19.1. The number of anilines is 1. The van der Waals surface area contributed by atoms with Crippen molar-refractivity contribution in [1.29, 1.82) is 0 Å². The Bertz CT molecular complexity index is 1000. The van der Waals surface area contributed by atoms with Gasteiger partial charge in [-0.2, -0.15) is 0 Å². The van der Waals surface area contributed by atoms with E-state index in [9.17, 15) is 9.90 Å². The summed E-state index contributed by atoms with van der Waals surface area (Å²) in [6.45, 7) is 5.90. The third-order valence-electron chi connectivity index (χ3n) is 4.37. The number of benzene rings is 2. The fourth-order valence-corrected chi connectivity index (χ4v) is 4.57. The average Bonchev–Trinajstić information content (AvgIpc) is 2.56. The van der Waals surface area contributed by atoms with Gasteiger partial charge in [-0.15, -0.1) is 11.3 Å². The number of aryl methyl sites for hydroxylation is 1. The Morgan fingerprint density at radius 1 is 1.31 bits per heavy atom. The third kappa shape index (κ3) is 4.01. The Hall–Kier alpha value is -1.66. The van der Waals surface area contributed by atoms with Gasteiger partial charge >= 0.3 is 0 Å². The van der Waals surface area contributed by atoms with Crippen molar-refractivity contribution >= 4 is 48.8 Å². The first-order chi connectivity index (χ1) is 12.4. The van der Waals surface area contributed by atoms with Crippen LogP contribution in [0, 0.1) is 6.92 Å². The molecule has 0 aliphatic heterocycles. The summed E-state index contributed by atoms with van der Waals surface area (Å²) >= 11 is 7.70. The van der Waals surface area contributed by atoms with E-state index in [1.807, 2.05) is 32.2 Å². The Labute approximate surface area is 162 Å². The van der Waals surface area contributed by atoms with Crippen LogP contribution in [0.4, 0.5) is 5.69 Å². The molecule has 0 aliphatic rings. The molecule has 2 N–H and O–H groups in total. The van der Waals surface area contributed by atoms with Gasteiger partial charge in [-0.05, 0) is 50.7 Å². The van der Waals surface area contributed by atoms with Crippen molar-refractivity contribution < 1.29 is 5.11 Å². The van der Waals surface area contributed by atoms with Crippen LogP contribution in [-0.4, -0.2) is 42.8 Å². The first-order valence-corrected chi connectivity index (χ1v) is 9.82. The highest BCUT2D eigenvalue weighted by atomic mass is 35.5. The topological polar surface area (TPSA) is 52.6 Å². The zero-order valence-corrected chi connectivity index (χ0v) is 16.7. The van der Waals surface area contributed by atoms with Crippen molar-refractivity contribution in [2.24, 2.45) is 0 Å². The summed E-state index contributed by atoms with van der Waals surface area (Å²) in [5.41, 5.74) is 1.98. The molecule has 0 spiro atoms. The van der Waals surface area contributed by atoms with Gasteiger partial charge in [0.05, 0.1) is 11.5 Å². The minimum atomic E-state index is -0.353. The second-order valence-electron chi connectivity index (χ2n) is 6.74. The van der Waals surface area contributed by atoms with Crippen LogP contribution in [0.2, 0.25) is 5.02 Å². The van der Waals surface area contributed by atoms with Crippen LogP contribution >= 0.6 is 22.9 Å². The Kier molecular flexibility index (Phi) is 5.82. The molecule has 0 radical (unpaired) electrons. The molecule has 3 aromatic rings. The summed E-state index contributed by atoms with van der Waals surface area (Å²) in [5, 5.41) is 14.9. The standard InChI is InChI=1S/C20H23ClN2O2S/c1-12-4-7-16(22-8-9-23(3)11-13(2)24)18-19(25)15-6-5-14(21)10-17(15)26-20(12)18/h4-7,10,13,22,24H,8-9,11H2,1-3H3/t13-/m1/s1. The number of halogens is 1. The molecule has 26 heavy (non-hydrogen) atoms. The minimum Gasteiger partial charge on any atom is -0.392 e. The highest BCUT2D eigenvalue weighted by Crippen LogP contribution is 2.32. The van der Waals surface area contributed by atoms with Crippen molar-refractivity contribution in [2.45, 2.75) is 20.0 Å². The van der Waals surface area contributed by atoms with E-state index in [0.717, 1.165) is 32.6 Å². The Balaban J connectivity index is 1.97. The number of likely N-dealkylation sites (N-methyl/N-ethyl adjacent to an activating group) is 1. The number of rotatable bonds is 6. The lowest BCUT2D eigenvalue weighted by molar-refractivity contribution is 0.143. The largest absolute Gasteiger partial charge is 0.392 e. The second kappa shape index (κ2) is 7.92. The van der Waals surface area contributed by atoms with Gasteiger partial charge in [-0.25, -0.2) is 0 Å². The van der Waals surface area contributed by atoms with Crippen LogP contribution < -0.4 is 10.7 Å². The molecule has 0 saturated heterocycles. The summed E-state index contributed by atoms with van der Waals surface area (Å²) in [7, 11) is 1.97. The lowest BCUT2D eigenvalue weighted by atomic mass is 10.1. The monoisotopic (exact) mass is 390 g/mol. The van der Waals surface area contributed by atoms with Gasteiger partial charge in [0, 0.05) is 45.1 Å². The van der Waals surface area contributed by atoms with Gasteiger partial charge in [-0.1, -0.05) is 17.7 Å². The zero-order chi connectivity index (χ0) is 18.8. The highest BCUT2D eigenvalue weighted by molar-refractivity contribution is 7.24. The summed E-state index contributed by atoms with van der Waals surface area (Å²) in [6, 6.07) is 9.43. The molecule has 1 heterocycles. The highest BCUT2D eigenvalue weighted by Gasteiger charge is 2.12. The van der Waals surface area contributed by atoms with Crippen LogP contribution in [0.25, 0.3) is 20.2 Å². The Morgan fingerprint density at radius 2 is 2.08 bits per heavy atom. The molecule has 1 aromatic heterocycles. The van der Waals surface area contributed by atoms with Crippen molar-refractivity contribution in [1.82, 2.24) is 4.90 Å². The quantitative estimate of drug-likeness (QED) is 0.622. The van der Waals surface area contributed by atoms with Gasteiger partial charge in [0.2, 0.25) is 0 Å². The maximum Gasteiger partial charge on any atom is 0.197 e. The summed E-state index contributed by atoms with van der Waals surface area (Å²) in [4.78, 5) is 15.2. The van der Waals surface area contributed by atoms with E-state index in [-0.39, 0.29) is 11.5 Å². The molecule has 6 heteroatoms. The van der Waals surface area contributed by atoms with Gasteiger partial charge in [0.15, 0.2) is 5.43 Å². The van der Waals surface area contributed by atoms with Crippen molar-refractivity contribution in [3.63, 3.8) is 0 Å². The SMILES string of the molecule is Cc1ccc(NCCN(C)C[C@@H](C)O)c2c(=O)c3ccc(Cl)cc3sc12. The van der Waals surface area contributed by atoms with E-state index < -0.39 is 0 Å². The van der Waals surface area contributed by atoms with Crippen LogP contribution in [0.15, 0.2) is 35.1 Å². The number of fused-ring (bicyclic) bond motifs is 2. The van der Waals surface area contributed by atoms with Crippen molar-refractivity contribution in [3.8, 4) is 0 Å². The molecule has 3 rings (SSSR count). The molecule has 2 aromatic carbocycles. The molecule has 0 bridgehead atoms. The molecule has 0 saturated carbocycles. The molecule has 1 atom stereocenters. The number of aliphatic hydroxyl groups is 1. The predicted octanol–water partition coefficient (Wildman–Crippen LogP) is 4.10. The van der Waals surface area contributed by atoms with E-state index in [0.29, 0.717) is 23.5 Å². The molecular formula is C20H23ClN2O2S.